The minimum Gasteiger partial charge on any atom is -0.482 e. The van der Waals surface area contributed by atoms with E-state index in [0.29, 0.717) is 48.7 Å². The van der Waals surface area contributed by atoms with E-state index in [1.165, 1.54) is 0 Å². The topological polar surface area (TPSA) is 122 Å². The minimum atomic E-state index is -0.948. The summed E-state index contributed by atoms with van der Waals surface area (Å²) in [6, 6.07) is 22.0. The summed E-state index contributed by atoms with van der Waals surface area (Å²) in [5, 5.41) is 21.3. The second-order valence-electron chi connectivity index (χ2n) is 11.1. The third-order valence-corrected chi connectivity index (χ3v) is 8.42. The second kappa shape index (κ2) is 11.9. The molecule has 1 fully saturated rings. The van der Waals surface area contributed by atoms with Crippen molar-refractivity contribution in [2.45, 2.75) is 50.4 Å². The summed E-state index contributed by atoms with van der Waals surface area (Å²) < 4.78 is 14.1. The average Bonchev–Trinajstić information content (AvgIpc) is 3.44. The number of anilines is 1. The summed E-state index contributed by atoms with van der Waals surface area (Å²) in [7, 11) is 1.80. The Kier molecular flexibility index (Phi) is 7.84. The minimum absolute atomic E-state index is 0.0546. The van der Waals surface area contributed by atoms with Crippen molar-refractivity contribution in [3.63, 3.8) is 0 Å². The lowest BCUT2D eigenvalue weighted by atomic mass is 9.84. The number of nitrogens with one attached hydrogen (secondary N) is 2. The van der Waals surface area contributed by atoms with E-state index in [1.807, 2.05) is 67.6 Å². The van der Waals surface area contributed by atoms with Crippen LogP contribution in [-0.2, 0) is 20.9 Å². The van der Waals surface area contributed by atoms with Crippen LogP contribution in [-0.4, -0.2) is 59.5 Å². The van der Waals surface area contributed by atoms with Crippen molar-refractivity contribution in [2.24, 2.45) is 0 Å². The monoisotopic (exact) mass is 578 g/mol. The van der Waals surface area contributed by atoms with E-state index in [9.17, 15) is 14.9 Å². The molecule has 0 aliphatic carbocycles. The number of hydrogen-bond acceptors (Lipinski definition) is 7. The molecule has 2 amide bonds. The van der Waals surface area contributed by atoms with Gasteiger partial charge in [-0.1, -0.05) is 36.4 Å². The lowest BCUT2D eigenvalue weighted by Gasteiger charge is -2.41. The third kappa shape index (κ3) is 5.33. The Morgan fingerprint density at radius 2 is 1.84 bits per heavy atom. The molecule has 220 valence electrons. The van der Waals surface area contributed by atoms with E-state index < -0.39 is 11.6 Å². The van der Waals surface area contributed by atoms with Gasteiger partial charge < -0.3 is 25.0 Å². The molecule has 2 aliphatic rings. The van der Waals surface area contributed by atoms with Crippen LogP contribution in [0.25, 0.3) is 16.6 Å². The number of fused-ring (bicyclic) bond motifs is 2. The van der Waals surface area contributed by atoms with Crippen molar-refractivity contribution in [2.75, 3.05) is 25.2 Å². The number of aromatic nitrogens is 2. The molecule has 2 atom stereocenters. The summed E-state index contributed by atoms with van der Waals surface area (Å²) in [5.74, 6) is 0.126. The third-order valence-electron chi connectivity index (χ3n) is 8.42. The Bertz CT molecular complexity index is 1700. The molecule has 2 N–H and O–H groups in total. The number of ether oxygens (including phenoxy) is 2. The van der Waals surface area contributed by atoms with E-state index in [0.717, 1.165) is 16.5 Å². The number of carbonyl (C=O) groups is 2. The molecule has 10 nitrogen and oxygen atoms in total. The SMILES string of the molecule is CNC(C)CC(=O)NC1C(=O)N(Cc2cccc3c2cnn3-c2ccccc2C#N)c2ccccc2OC12CCOCC2. The molecule has 0 radical (unpaired) electrons. The summed E-state index contributed by atoms with van der Waals surface area (Å²) >= 11 is 0. The normalized spacial score (nSPS) is 18.4. The van der Waals surface area contributed by atoms with Gasteiger partial charge in [-0.05, 0) is 49.9 Å². The fourth-order valence-electron chi connectivity index (χ4n) is 5.97. The number of rotatable bonds is 7. The smallest absolute Gasteiger partial charge is 0.254 e. The number of amides is 2. The molecular formula is C33H34N6O4. The molecule has 1 aromatic heterocycles. The molecule has 10 heteroatoms. The Hall–Kier alpha value is -4.72. The van der Waals surface area contributed by atoms with Gasteiger partial charge in [0.15, 0.2) is 0 Å². The number of benzene rings is 3. The lowest BCUT2D eigenvalue weighted by Crippen LogP contribution is -2.64. The van der Waals surface area contributed by atoms with Crippen LogP contribution in [0.5, 0.6) is 5.75 Å². The van der Waals surface area contributed by atoms with Crippen LogP contribution in [0.4, 0.5) is 5.69 Å². The fourth-order valence-corrected chi connectivity index (χ4v) is 5.97. The van der Waals surface area contributed by atoms with Crippen LogP contribution >= 0.6 is 0 Å². The van der Waals surface area contributed by atoms with Gasteiger partial charge in [-0.2, -0.15) is 10.4 Å². The van der Waals surface area contributed by atoms with Crippen LogP contribution in [0.3, 0.4) is 0 Å². The largest absolute Gasteiger partial charge is 0.482 e. The number of carbonyl (C=O) groups excluding carboxylic acids is 2. The standard InChI is InChI=1S/C33H34N6O4/c1-22(35-2)18-30(40)37-31-32(41)38(28-11-5-6-13-29(28)43-33(31)14-16-42-17-15-33)21-24-9-7-12-27-25(24)20-36-39(27)26-10-4-3-8-23(26)19-34/h3-13,20,22,31,35H,14-18,21H2,1-2H3,(H,37,40). The number of nitriles is 1. The van der Waals surface area contributed by atoms with Gasteiger partial charge in [0.05, 0.1) is 48.4 Å². The molecule has 2 unspecified atom stereocenters. The molecule has 2 aliphatic heterocycles. The molecule has 3 heterocycles. The van der Waals surface area contributed by atoms with Crippen molar-refractivity contribution in [3.05, 3.63) is 84.1 Å². The van der Waals surface area contributed by atoms with Gasteiger partial charge >= 0.3 is 0 Å². The fraction of sp³-hybridized carbons (Fsp3) is 0.333. The first-order valence-corrected chi connectivity index (χ1v) is 14.5. The van der Waals surface area contributed by atoms with Crippen molar-refractivity contribution in [1.29, 1.82) is 5.26 Å². The molecule has 3 aromatic carbocycles. The molecule has 4 aromatic rings. The van der Waals surface area contributed by atoms with Gasteiger partial charge in [0.25, 0.3) is 5.91 Å². The van der Waals surface area contributed by atoms with Crippen molar-refractivity contribution in [3.8, 4) is 17.5 Å². The van der Waals surface area contributed by atoms with Gasteiger partial charge in [-0.3, -0.25) is 9.59 Å². The van der Waals surface area contributed by atoms with Gasteiger partial charge in [0.1, 0.15) is 23.5 Å². The van der Waals surface area contributed by atoms with Gasteiger partial charge in [-0.25, -0.2) is 4.68 Å². The second-order valence-corrected chi connectivity index (χ2v) is 11.1. The highest BCUT2D eigenvalue weighted by atomic mass is 16.5. The van der Waals surface area contributed by atoms with Crippen molar-refractivity contribution < 1.29 is 19.1 Å². The van der Waals surface area contributed by atoms with E-state index in [1.54, 1.807) is 28.9 Å². The highest BCUT2D eigenvalue weighted by molar-refractivity contribution is 6.02. The summed E-state index contributed by atoms with van der Waals surface area (Å²) in [6.07, 6.45) is 2.92. The van der Waals surface area contributed by atoms with Crippen LogP contribution in [0.15, 0.2) is 72.9 Å². The maximum absolute atomic E-state index is 14.6. The number of hydrogen-bond donors (Lipinski definition) is 2. The van der Waals surface area contributed by atoms with Crippen molar-refractivity contribution in [1.82, 2.24) is 20.4 Å². The molecule has 0 saturated carbocycles. The summed E-state index contributed by atoms with van der Waals surface area (Å²) in [4.78, 5) is 29.6. The highest BCUT2D eigenvalue weighted by Crippen LogP contribution is 2.42. The van der Waals surface area contributed by atoms with Crippen molar-refractivity contribution >= 4 is 28.4 Å². The van der Waals surface area contributed by atoms with Crippen LogP contribution in [0, 0.1) is 11.3 Å². The van der Waals surface area contributed by atoms with E-state index in [-0.39, 0.29) is 30.8 Å². The maximum Gasteiger partial charge on any atom is 0.254 e. The van der Waals surface area contributed by atoms with Crippen LogP contribution in [0.2, 0.25) is 0 Å². The molecule has 43 heavy (non-hydrogen) atoms. The quantitative estimate of drug-likeness (QED) is 0.342. The lowest BCUT2D eigenvalue weighted by molar-refractivity contribution is -0.137. The van der Waals surface area contributed by atoms with E-state index in [4.69, 9.17) is 9.47 Å². The Labute approximate surface area is 250 Å². The van der Waals surface area contributed by atoms with E-state index in [2.05, 4.69) is 21.8 Å². The summed E-state index contributed by atoms with van der Waals surface area (Å²) in [6.45, 7) is 3.01. The van der Waals surface area contributed by atoms with E-state index >= 15 is 0 Å². The summed E-state index contributed by atoms with van der Waals surface area (Å²) in [5.41, 5.74) is 2.58. The zero-order valence-corrected chi connectivity index (χ0v) is 24.2. The maximum atomic E-state index is 14.6. The predicted molar refractivity (Wildman–Crippen MR) is 162 cm³/mol. The van der Waals surface area contributed by atoms with Gasteiger partial charge in [0, 0.05) is 30.7 Å². The first-order valence-electron chi connectivity index (χ1n) is 14.5. The highest BCUT2D eigenvalue weighted by Gasteiger charge is 2.51. The van der Waals surface area contributed by atoms with Gasteiger partial charge in [0.2, 0.25) is 5.91 Å². The molecule has 1 spiro atoms. The van der Waals surface area contributed by atoms with Crippen LogP contribution < -0.4 is 20.3 Å². The Balaban J connectivity index is 1.42. The zero-order chi connectivity index (χ0) is 30.0. The molecule has 6 rings (SSSR count). The molecular weight excluding hydrogens is 544 g/mol. The first-order chi connectivity index (χ1) is 20.9. The Morgan fingerprint density at radius 3 is 2.60 bits per heavy atom. The predicted octanol–water partition coefficient (Wildman–Crippen LogP) is 3.85. The average molecular weight is 579 g/mol. The van der Waals surface area contributed by atoms with Crippen LogP contribution in [0.1, 0.15) is 37.3 Å². The first kappa shape index (κ1) is 28.4. The zero-order valence-electron chi connectivity index (χ0n) is 24.2. The number of para-hydroxylation sites is 3. The molecule has 1 saturated heterocycles. The van der Waals surface area contributed by atoms with Gasteiger partial charge in [-0.15, -0.1) is 0 Å². The number of nitrogens with zero attached hydrogens (tertiary/aromatic N) is 4. The molecule has 0 bridgehead atoms. The Morgan fingerprint density at radius 1 is 1.09 bits per heavy atom.